The third kappa shape index (κ3) is 3.15. The standard InChI is InChI=1S/C23H15ClN2OS/c24-18-14-19-21(20-17(18)12-7-13-25-20)27-23(26-19)28-22(15-8-3-1-4-9-15)16-10-5-2-6-11-16/h1-14,22H. The lowest BCUT2D eigenvalue weighted by Crippen LogP contribution is -1.96. The van der Waals surface area contributed by atoms with Crippen LogP contribution in [0.15, 0.2) is 94.7 Å². The highest BCUT2D eigenvalue weighted by Crippen LogP contribution is 2.42. The summed E-state index contributed by atoms with van der Waals surface area (Å²) < 4.78 is 6.14. The van der Waals surface area contributed by atoms with Crippen LogP contribution in [0.5, 0.6) is 0 Å². The minimum atomic E-state index is 0.0742. The molecule has 0 fully saturated rings. The number of oxazole rings is 1. The van der Waals surface area contributed by atoms with E-state index >= 15 is 0 Å². The Bertz CT molecular complexity index is 1220. The quantitative estimate of drug-likeness (QED) is 0.306. The number of halogens is 1. The van der Waals surface area contributed by atoms with Crippen molar-refractivity contribution in [2.75, 3.05) is 0 Å². The van der Waals surface area contributed by atoms with Gasteiger partial charge in [0.15, 0.2) is 5.58 Å². The van der Waals surface area contributed by atoms with Crippen molar-refractivity contribution in [1.82, 2.24) is 9.97 Å². The SMILES string of the molecule is Clc1cc2nc(SC(c3ccccc3)c3ccccc3)oc2c2ncccc12. The zero-order valence-corrected chi connectivity index (χ0v) is 16.3. The molecule has 0 saturated heterocycles. The van der Waals surface area contributed by atoms with E-state index in [2.05, 4.69) is 58.5 Å². The number of thioether (sulfide) groups is 1. The topological polar surface area (TPSA) is 38.9 Å². The average molecular weight is 403 g/mol. The smallest absolute Gasteiger partial charge is 0.257 e. The molecule has 0 bridgehead atoms. The minimum Gasteiger partial charge on any atom is -0.429 e. The first kappa shape index (κ1) is 17.3. The number of pyridine rings is 1. The van der Waals surface area contributed by atoms with Gasteiger partial charge in [-0.25, -0.2) is 4.98 Å². The van der Waals surface area contributed by atoms with Gasteiger partial charge in [-0.1, -0.05) is 84.0 Å². The Morgan fingerprint density at radius 2 is 1.54 bits per heavy atom. The van der Waals surface area contributed by atoms with Crippen molar-refractivity contribution in [3.05, 3.63) is 101 Å². The van der Waals surface area contributed by atoms with Crippen molar-refractivity contribution in [2.45, 2.75) is 10.5 Å². The van der Waals surface area contributed by atoms with Crippen LogP contribution >= 0.6 is 23.4 Å². The van der Waals surface area contributed by atoms with E-state index in [4.69, 9.17) is 16.0 Å². The summed E-state index contributed by atoms with van der Waals surface area (Å²) in [6.45, 7) is 0. The first-order chi connectivity index (χ1) is 13.8. The number of nitrogens with zero attached hydrogens (tertiary/aromatic N) is 2. The zero-order valence-electron chi connectivity index (χ0n) is 14.7. The lowest BCUT2D eigenvalue weighted by molar-refractivity contribution is 0.490. The predicted octanol–water partition coefficient (Wildman–Crippen LogP) is 6.91. The van der Waals surface area contributed by atoms with Crippen LogP contribution in [0.4, 0.5) is 0 Å². The van der Waals surface area contributed by atoms with E-state index in [1.54, 1.807) is 18.0 Å². The van der Waals surface area contributed by atoms with E-state index < -0.39 is 0 Å². The Hall–Kier alpha value is -2.82. The van der Waals surface area contributed by atoms with Gasteiger partial charge in [-0.3, -0.25) is 4.98 Å². The van der Waals surface area contributed by atoms with Crippen LogP contribution in [0, 0.1) is 0 Å². The molecule has 136 valence electrons. The highest BCUT2D eigenvalue weighted by molar-refractivity contribution is 7.99. The van der Waals surface area contributed by atoms with Crippen molar-refractivity contribution in [1.29, 1.82) is 0 Å². The molecule has 5 aromatic rings. The number of fused-ring (bicyclic) bond motifs is 3. The summed E-state index contributed by atoms with van der Waals surface area (Å²) in [5.74, 6) is 0. The Morgan fingerprint density at radius 3 is 2.21 bits per heavy atom. The van der Waals surface area contributed by atoms with Gasteiger partial charge in [-0.2, -0.15) is 0 Å². The van der Waals surface area contributed by atoms with Crippen LogP contribution in [0.3, 0.4) is 0 Å². The minimum absolute atomic E-state index is 0.0742. The molecule has 0 unspecified atom stereocenters. The number of benzene rings is 3. The second-order valence-corrected chi connectivity index (χ2v) is 7.87. The van der Waals surface area contributed by atoms with Gasteiger partial charge >= 0.3 is 0 Å². The molecule has 0 radical (unpaired) electrons. The number of rotatable bonds is 4. The summed E-state index contributed by atoms with van der Waals surface area (Å²) in [5.41, 5.74) is 4.52. The van der Waals surface area contributed by atoms with Crippen molar-refractivity contribution in [3.8, 4) is 0 Å². The molecule has 2 aromatic heterocycles. The molecular weight excluding hydrogens is 388 g/mol. The second kappa shape index (κ2) is 7.30. The molecule has 0 N–H and O–H groups in total. The normalized spacial score (nSPS) is 11.5. The molecule has 2 heterocycles. The monoisotopic (exact) mass is 402 g/mol. The lowest BCUT2D eigenvalue weighted by Gasteiger charge is -2.15. The molecule has 0 aliphatic carbocycles. The molecule has 0 saturated carbocycles. The van der Waals surface area contributed by atoms with Gasteiger partial charge in [0.2, 0.25) is 0 Å². The summed E-state index contributed by atoms with van der Waals surface area (Å²) in [6.07, 6.45) is 1.74. The van der Waals surface area contributed by atoms with E-state index in [-0.39, 0.29) is 5.25 Å². The molecule has 28 heavy (non-hydrogen) atoms. The van der Waals surface area contributed by atoms with Gasteiger partial charge < -0.3 is 4.42 Å². The maximum atomic E-state index is 6.41. The fraction of sp³-hybridized carbons (Fsp3) is 0.0435. The molecule has 3 nitrogen and oxygen atoms in total. The van der Waals surface area contributed by atoms with Crippen molar-refractivity contribution < 1.29 is 4.42 Å². The van der Waals surface area contributed by atoms with E-state index in [9.17, 15) is 0 Å². The third-order valence-corrected chi connectivity index (χ3v) is 6.07. The first-order valence-electron chi connectivity index (χ1n) is 8.90. The van der Waals surface area contributed by atoms with Gasteiger partial charge in [0.25, 0.3) is 5.22 Å². The molecule has 0 aliphatic heterocycles. The fourth-order valence-corrected chi connectivity index (χ4v) is 4.62. The number of hydrogen-bond donors (Lipinski definition) is 0. The maximum absolute atomic E-state index is 6.41. The Labute approximate surface area is 171 Å². The zero-order chi connectivity index (χ0) is 18.9. The van der Waals surface area contributed by atoms with Gasteiger partial charge in [0.1, 0.15) is 11.0 Å². The van der Waals surface area contributed by atoms with Crippen LogP contribution in [-0.4, -0.2) is 9.97 Å². The van der Waals surface area contributed by atoms with Crippen molar-refractivity contribution >= 4 is 45.4 Å². The van der Waals surface area contributed by atoms with E-state index in [0.29, 0.717) is 15.8 Å². The van der Waals surface area contributed by atoms with Crippen molar-refractivity contribution in [2.24, 2.45) is 0 Å². The fourth-order valence-electron chi connectivity index (χ4n) is 3.29. The second-order valence-electron chi connectivity index (χ2n) is 6.41. The average Bonchev–Trinajstić information content (AvgIpc) is 3.16. The summed E-state index contributed by atoms with van der Waals surface area (Å²) >= 11 is 8.00. The van der Waals surface area contributed by atoms with Gasteiger partial charge in [-0.15, -0.1) is 0 Å². The summed E-state index contributed by atoms with van der Waals surface area (Å²) in [5, 5.41) is 2.17. The van der Waals surface area contributed by atoms with Gasteiger partial charge in [0.05, 0.1) is 10.3 Å². The molecular formula is C23H15ClN2OS. The highest BCUT2D eigenvalue weighted by atomic mass is 35.5. The van der Waals surface area contributed by atoms with Crippen LogP contribution in [0.1, 0.15) is 16.4 Å². The predicted molar refractivity (Wildman–Crippen MR) is 115 cm³/mol. The van der Waals surface area contributed by atoms with Crippen LogP contribution in [0.2, 0.25) is 5.02 Å². The molecule has 3 aromatic carbocycles. The van der Waals surface area contributed by atoms with Crippen molar-refractivity contribution in [3.63, 3.8) is 0 Å². The molecule has 5 heteroatoms. The van der Waals surface area contributed by atoms with E-state index in [0.717, 1.165) is 16.4 Å². The Kier molecular flexibility index (Phi) is 4.51. The number of aromatic nitrogens is 2. The van der Waals surface area contributed by atoms with Gasteiger partial charge in [0, 0.05) is 11.6 Å². The summed E-state index contributed by atoms with van der Waals surface area (Å²) in [7, 11) is 0. The molecule has 0 atom stereocenters. The lowest BCUT2D eigenvalue weighted by atomic mass is 10.0. The van der Waals surface area contributed by atoms with Crippen LogP contribution < -0.4 is 0 Å². The largest absolute Gasteiger partial charge is 0.429 e. The van der Waals surface area contributed by atoms with Crippen LogP contribution in [-0.2, 0) is 0 Å². The molecule has 0 amide bonds. The molecule has 5 rings (SSSR count). The van der Waals surface area contributed by atoms with Crippen LogP contribution in [0.25, 0.3) is 22.0 Å². The molecule has 0 aliphatic rings. The third-order valence-electron chi connectivity index (χ3n) is 4.60. The summed E-state index contributed by atoms with van der Waals surface area (Å²) in [4.78, 5) is 9.14. The molecule has 0 spiro atoms. The number of hydrogen-bond acceptors (Lipinski definition) is 4. The Balaban J connectivity index is 1.61. The van der Waals surface area contributed by atoms with E-state index in [1.807, 2.05) is 30.3 Å². The summed E-state index contributed by atoms with van der Waals surface area (Å²) in [6, 6.07) is 26.4. The highest BCUT2D eigenvalue weighted by Gasteiger charge is 2.20. The van der Waals surface area contributed by atoms with Gasteiger partial charge in [-0.05, 0) is 29.3 Å². The maximum Gasteiger partial charge on any atom is 0.257 e. The Morgan fingerprint density at radius 1 is 0.857 bits per heavy atom. The first-order valence-corrected chi connectivity index (χ1v) is 10.2. The van der Waals surface area contributed by atoms with E-state index in [1.165, 1.54) is 11.1 Å².